The number of para-hydroxylation sites is 1. The van der Waals surface area contributed by atoms with Crippen LogP contribution in [0.2, 0.25) is 0 Å². The number of nitrogens with one attached hydrogen (secondary N) is 1. The van der Waals surface area contributed by atoms with Crippen molar-refractivity contribution in [2.24, 2.45) is 17.6 Å². The Morgan fingerprint density at radius 3 is 2.58 bits per heavy atom. The van der Waals surface area contributed by atoms with Gasteiger partial charge in [0, 0.05) is 69.8 Å². The number of piperidine rings is 1. The Hall–Kier alpha value is -5.69. The molecule has 66 heavy (non-hydrogen) atoms. The van der Waals surface area contributed by atoms with Crippen LogP contribution >= 0.6 is 11.3 Å². The normalized spacial score (nSPS) is 22.5. The van der Waals surface area contributed by atoms with E-state index in [-0.39, 0.29) is 41.8 Å². The lowest BCUT2D eigenvalue weighted by atomic mass is 9.76. The number of anilines is 2. The van der Waals surface area contributed by atoms with E-state index < -0.39 is 41.1 Å². The van der Waals surface area contributed by atoms with E-state index in [1.54, 1.807) is 42.8 Å². The van der Waals surface area contributed by atoms with Crippen LogP contribution in [0.25, 0.3) is 21.7 Å². The van der Waals surface area contributed by atoms with Crippen LogP contribution < -0.4 is 20.7 Å². The van der Waals surface area contributed by atoms with Crippen molar-refractivity contribution in [2.75, 3.05) is 75.7 Å². The van der Waals surface area contributed by atoms with Crippen LogP contribution in [-0.2, 0) is 9.59 Å². The second-order valence-corrected chi connectivity index (χ2v) is 19.6. The van der Waals surface area contributed by atoms with Gasteiger partial charge in [0.1, 0.15) is 29.6 Å². The lowest BCUT2D eigenvalue weighted by Gasteiger charge is -2.47. The average Bonchev–Trinajstić information content (AvgIpc) is 4.05. The van der Waals surface area contributed by atoms with Gasteiger partial charge >= 0.3 is 0 Å². The summed E-state index contributed by atoms with van der Waals surface area (Å²) in [6, 6.07) is 16.0. The van der Waals surface area contributed by atoms with Crippen LogP contribution in [0.15, 0.2) is 64.6 Å². The predicted molar refractivity (Wildman–Crippen MR) is 249 cm³/mol. The average molecular weight is 923 g/mol. The van der Waals surface area contributed by atoms with Crippen molar-refractivity contribution in [3.05, 3.63) is 82.9 Å². The number of halogens is 1. The minimum Gasteiger partial charge on any atom is -0.507 e. The molecule has 0 radical (unpaired) electrons. The van der Waals surface area contributed by atoms with Gasteiger partial charge in [-0.05, 0) is 85.2 Å². The van der Waals surface area contributed by atoms with E-state index in [0.717, 1.165) is 80.7 Å². The van der Waals surface area contributed by atoms with Crippen molar-refractivity contribution >= 4 is 34.7 Å². The minimum absolute atomic E-state index is 0.136. The van der Waals surface area contributed by atoms with Crippen LogP contribution in [0, 0.1) is 24.6 Å². The predicted octanol–water partition coefficient (Wildman–Crippen LogP) is 5.48. The lowest BCUT2D eigenvalue weighted by molar-refractivity contribution is -0.147. The lowest BCUT2D eigenvalue weighted by Crippen LogP contribution is -2.60. The molecule has 3 fully saturated rings. The summed E-state index contributed by atoms with van der Waals surface area (Å²) in [5.74, 6) is -1.78. The van der Waals surface area contributed by atoms with Crippen molar-refractivity contribution in [1.82, 2.24) is 35.0 Å². The second-order valence-electron chi connectivity index (χ2n) is 18.7. The van der Waals surface area contributed by atoms with E-state index in [1.165, 1.54) is 22.3 Å². The van der Waals surface area contributed by atoms with Gasteiger partial charge in [-0.25, -0.2) is 9.37 Å². The number of aryl methyl sites for hydroxylation is 1. The molecule has 9 rings (SSSR count). The van der Waals surface area contributed by atoms with Gasteiger partial charge in [0.05, 0.1) is 39.6 Å². The van der Waals surface area contributed by atoms with Gasteiger partial charge in [-0.1, -0.05) is 45.0 Å². The Bertz CT molecular complexity index is 2550. The van der Waals surface area contributed by atoms with Crippen molar-refractivity contribution in [3.63, 3.8) is 0 Å². The molecule has 0 aliphatic carbocycles. The number of ether oxygens (including phenoxy) is 1. The van der Waals surface area contributed by atoms with Crippen molar-refractivity contribution in [1.29, 1.82) is 0 Å². The Labute approximate surface area is 387 Å². The zero-order valence-electron chi connectivity index (χ0n) is 37.9. The summed E-state index contributed by atoms with van der Waals surface area (Å²) in [5, 5.41) is 37.9. The van der Waals surface area contributed by atoms with Gasteiger partial charge in [0.25, 0.3) is 5.88 Å². The number of carbonyl (C=O) groups is 2. The van der Waals surface area contributed by atoms with Gasteiger partial charge in [0.15, 0.2) is 11.6 Å². The number of thiazole rings is 1. The Kier molecular flexibility index (Phi) is 13.0. The Morgan fingerprint density at radius 2 is 1.85 bits per heavy atom. The third-order valence-electron chi connectivity index (χ3n) is 14.3. The number of fused-ring (bicyclic) bond motifs is 3. The van der Waals surface area contributed by atoms with E-state index in [0.29, 0.717) is 41.9 Å². The number of hydrogen-bond acceptors (Lipinski definition) is 15. The Balaban J connectivity index is 0.773. The maximum absolute atomic E-state index is 16.0. The molecule has 350 valence electrons. The molecule has 18 heteroatoms. The van der Waals surface area contributed by atoms with E-state index in [1.807, 2.05) is 39.0 Å². The van der Waals surface area contributed by atoms with E-state index in [2.05, 4.69) is 40.4 Å². The number of β-amino-alcohol motifs (C(OH)–C–C–N with tert-alkyl or cyclic N) is 1. The summed E-state index contributed by atoms with van der Waals surface area (Å²) in [6.07, 6.45) is 1.00. The van der Waals surface area contributed by atoms with Crippen molar-refractivity contribution in [3.8, 4) is 33.3 Å². The molecular weight excluding hydrogens is 864 g/mol. The van der Waals surface area contributed by atoms with Crippen LogP contribution in [0.5, 0.6) is 11.6 Å². The molecule has 16 nitrogen and oxygen atoms in total. The molecule has 3 aromatic heterocycles. The second kappa shape index (κ2) is 18.9. The number of aromatic hydroxyl groups is 1. The molecule has 0 bridgehead atoms. The summed E-state index contributed by atoms with van der Waals surface area (Å²) in [5.41, 5.74) is 10.2. The maximum atomic E-state index is 16.0. The van der Waals surface area contributed by atoms with Gasteiger partial charge in [0.2, 0.25) is 11.8 Å². The largest absolute Gasteiger partial charge is 0.507 e. The number of hydrogen-bond donors (Lipinski definition) is 4. The highest BCUT2D eigenvalue weighted by Crippen LogP contribution is 2.46. The van der Waals surface area contributed by atoms with Gasteiger partial charge < -0.3 is 40.3 Å². The molecule has 2 unspecified atom stereocenters. The summed E-state index contributed by atoms with van der Waals surface area (Å²) in [6.45, 7) is 14.9. The first-order chi connectivity index (χ1) is 31.8. The third-order valence-corrected chi connectivity index (χ3v) is 15.2. The number of phenolic OH excluding ortho intramolecular Hbond substituents is 1. The minimum atomic E-state index is -1.70. The number of primary amides is 1. The van der Waals surface area contributed by atoms with Gasteiger partial charge in [-0.3, -0.25) is 19.4 Å². The standard InChI is InChI=1S/C48H59FN10O6S/c1-28(2)43(46(62)59-26-34(60)22-48(59,47(50)63)29(3)35-10-9-32(19-37(35)49)44-30(4)52-27-66-44)41-21-42(55-65-41)64-18-17-56-13-11-31(12-14-56)24-57-15-16-58-33(25-57)23-51-45-39(58)20-38(53-54-45)36-7-5-6-8-40(36)61/h5-10,19-21,27-29,31,33-34,43,60-61H,11-18,22-26H2,1-4H3,(H2,50,63)(H,51,54)/t29-,33-,34?,43+,48?/m0/s1. The van der Waals surface area contributed by atoms with Crippen LogP contribution in [0.4, 0.5) is 15.9 Å². The number of benzene rings is 2. The molecule has 7 heterocycles. The van der Waals surface area contributed by atoms with E-state index in [4.69, 9.17) is 15.0 Å². The van der Waals surface area contributed by atoms with Gasteiger partial charge in [-0.2, -0.15) is 0 Å². The topological polar surface area (TPSA) is 200 Å². The van der Waals surface area contributed by atoms with E-state index in [9.17, 15) is 19.8 Å². The molecule has 0 saturated carbocycles. The number of nitrogens with two attached hydrogens (primary N) is 1. The SMILES string of the molecule is Cc1ncsc1-c1ccc([C@H](C)C2(C(N)=O)CC(O)CN2C(=O)[C@@H](c2cc(OCCN3CCC(CN4CCN5c6cc(-c7ccccc7O)nnc6NC[C@H]5C4)CC3)no2)C(C)C)c(F)c1. The molecule has 2 amide bonds. The number of aliphatic hydroxyl groups excluding tert-OH is 1. The quantitative estimate of drug-likeness (QED) is 0.109. The van der Waals surface area contributed by atoms with Crippen molar-refractivity contribution in [2.45, 2.75) is 76.5 Å². The van der Waals surface area contributed by atoms with Crippen molar-refractivity contribution < 1.29 is 33.5 Å². The molecule has 4 aliphatic rings. The third kappa shape index (κ3) is 8.83. The molecular formula is C48H59FN10O6S. The van der Waals surface area contributed by atoms with Crippen LogP contribution in [0.1, 0.15) is 68.9 Å². The fraction of sp³-hybridized carbons (Fsp3) is 0.500. The summed E-state index contributed by atoms with van der Waals surface area (Å²) < 4.78 is 27.8. The zero-order valence-corrected chi connectivity index (χ0v) is 38.7. The van der Waals surface area contributed by atoms with E-state index >= 15 is 4.39 Å². The first-order valence-corrected chi connectivity index (χ1v) is 23.9. The molecule has 0 spiro atoms. The number of carbonyl (C=O) groups excluding carboxylic acids is 2. The highest BCUT2D eigenvalue weighted by Gasteiger charge is 2.57. The van der Waals surface area contributed by atoms with Crippen LogP contribution in [0.3, 0.4) is 0 Å². The first-order valence-electron chi connectivity index (χ1n) is 23.0. The Morgan fingerprint density at radius 1 is 1.05 bits per heavy atom. The monoisotopic (exact) mass is 922 g/mol. The van der Waals surface area contributed by atoms with Gasteiger partial charge in [-0.15, -0.1) is 21.5 Å². The number of phenols is 1. The fourth-order valence-corrected chi connectivity index (χ4v) is 11.5. The first kappa shape index (κ1) is 45.5. The summed E-state index contributed by atoms with van der Waals surface area (Å²) in [7, 11) is 0. The molecule has 3 saturated heterocycles. The number of rotatable bonds is 14. The molecule has 4 aliphatic heterocycles. The smallest absolute Gasteiger partial charge is 0.254 e. The number of aliphatic hydroxyl groups is 1. The highest BCUT2D eigenvalue weighted by atomic mass is 32.1. The number of nitrogens with zero attached hydrogens (tertiary/aromatic N) is 8. The molecule has 5 N–H and O–H groups in total. The highest BCUT2D eigenvalue weighted by molar-refractivity contribution is 7.13. The number of likely N-dealkylation sites (tertiary alicyclic amines) is 2. The molecule has 5 aromatic rings. The molecule has 5 atom stereocenters. The molecule has 2 aromatic carbocycles. The fourth-order valence-electron chi connectivity index (χ4n) is 10.7. The number of aromatic nitrogens is 4. The maximum Gasteiger partial charge on any atom is 0.254 e. The zero-order chi connectivity index (χ0) is 46.3. The number of piperazine rings is 1. The summed E-state index contributed by atoms with van der Waals surface area (Å²) >= 11 is 1.41. The van der Waals surface area contributed by atoms with Crippen LogP contribution in [-0.4, -0.2) is 140 Å². The number of amides is 2. The summed E-state index contributed by atoms with van der Waals surface area (Å²) in [4.78, 5) is 42.1.